The Kier molecular flexibility index (Phi) is 4.98. The van der Waals surface area contributed by atoms with E-state index in [0.29, 0.717) is 12.5 Å². The summed E-state index contributed by atoms with van der Waals surface area (Å²) in [5.41, 5.74) is 4.06. The van der Waals surface area contributed by atoms with Gasteiger partial charge in [-0.15, -0.1) is 0 Å². The summed E-state index contributed by atoms with van der Waals surface area (Å²) in [7, 11) is 0. The average molecular weight is 369 g/mol. The van der Waals surface area contributed by atoms with Crippen LogP contribution in [0.2, 0.25) is 0 Å². The molecule has 0 N–H and O–H groups in total. The fourth-order valence-electron chi connectivity index (χ4n) is 3.90. The Morgan fingerprint density at radius 2 is 2.04 bits per heavy atom. The molecule has 1 aliphatic heterocycles. The van der Waals surface area contributed by atoms with E-state index in [0.717, 1.165) is 32.5 Å². The van der Waals surface area contributed by atoms with E-state index in [9.17, 15) is 4.79 Å². The van der Waals surface area contributed by atoms with Gasteiger partial charge in [-0.05, 0) is 59.7 Å². The van der Waals surface area contributed by atoms with Crippen LogP contribution in [0.25, 0.3) is 10.9 Å². The molecule has 0 saturated carbocycles. The molecule has 1 aliphatic rings. The summed E-state index contributed by atoms with van der Waals surface area (Å²) in [6.07, 6.45) is 4.13. The van der Waals surface area contributed by atoms with Crippen molar-refractivity contribution in [2.45, 2.75) is 32.2 Å². The second-order valence-electron chi connectivity index (χ2n) is 6.82. The number of hydrogen-bond donors (Lipinski definition) is 0. The smallest absolute Gasteiger partial charge is 0.409 e. The van der Waals surface area contributed by atoms with Crippen molar-refractivity contribution < 1.29 is 9.53 Å². The molecule has 5 heteroatoms. The van der Waals surface area contributed by atoms with Gasteiger partial charge in [0.1, 0.15) is 0 Å². The van der Waals surface area contributed by atoms with Gasteiger partial charge in [-0.25, -0.2) is 4.79 Å². The van der Waals surface area contributed by atoms with Gasteiger partial charge in [0.05, 0.1) is 6.61 Å². The lowest BCUT2D eigenvalue weighted by Gasteiger charge is -2.31. The fourth-order valence-corrected chi connectivity index (χ4v) is 4.56. The number of nitrogens with zero attached hydrogens (tertiary/aromatic N) is 2. The van der Waals surface area contributed by atoms with Gasteiger partial charge in [-0.2, -0.15) is 11.3 Å². The van der Waals surface area contributed by atoms with E-state index in [2.05, 4.69) is 51.9 Å². The third kappa shape index (κ3) is 3.36. The highest BCUT2D eigenvalue weighted by Crippen LogP contribution is 2.35. The third-order valence-corrected chi connectivity index (χ3v) is 5.95. The molecule has 0 aliphatic carbocycles. The van der Waals surface area contributed by atoms with Crippen LogP contribution in [0.5, 0.6) is 0 Å². The number of fused-ring (bicyclic) bond motifs is 1. The highest BCUT2D eigenvalue weighted by Gasteiger charge is 2.26. The molecule has 4 rings (SSSR count). The molecule has 1 amide bonds. The summed E-state index contributed by atoms with van der Waals surface area (Å²) in [5.74, 6) is 0.495. The molecular weight excluding hydrogens is 344 g/mol. The van der Waals surface area contributed by atoms with Crippen LogP contribution in [-0.2, 0) is 11.3 Å². The Balaban J connectivity index is 1.56. The molecule has 0 radical (unpaired) electrons. The minimum absolute atomic E-state index is 0.175. The molecular formula is C21H24N2O2S. The second kappa shape index (κ2) is 7.54. The van der Waals surface area contributed by atoms with E-state index >= 15 is 0 Å². The summed E-state index contributed by atoms with van der Waals surface area (Å²) in [5, 5.41) is 5.69. The van der Waals surface area contributed by atoms with Crippen molar-refractivity contribution in [1.82, 2.24) is 9.47 Å². The number of piperidine rings is 1. The number of thiophene rings is 1. The molecule has 0 bridgehead atoms. The molecule has 2 aromatic heterocycles. The van der Waals surface area contributed by atoms with Crippen LogP contribution in [-0.4, -0.2) is 35.3 Å². The Hall–Kier alpha value is -2.27. The number of amides is 1. The topological polar surface area (TPSA) is 34.5 Å². The first-order valence-electron chi connectivity index (χ1n) is 9.26. The zero-order valence-corrected chi connectivity index (χ0v) is 15.9. The normalized spacial score (nSPS) is 15.5. The number of hydrogen-bond acceptors (Lipinski definition) is 3. The Morgan fingerprint density at radius 3 is 2.77 bits per heavy atom. The first-order valence-corrected chi connectivity index (χ1v) is 10.2. The van der Waals surface area contributed by atoms with Crippen molar-refractivity contribution in [3.63, 3.8) is 0 Å². The van der Waals surface area contributed by atoms with Crippen LogP contribution in [0.15, 0.2) is 47.3 Å². The number of para-hydroxylation sites is 1. The summed E-state index contributed by atoms with van der Waals surface area (Å²) in [4.78, 5) is 13.8. The highest BCUT2D eigenvalue weighted by atomic mass is 32.1. The van der Waals surface area contributed by atoms with Crippen molar-refractivity contribution in [1.29, 1.82) is 0 Å². The minimum Gasteiger partial charge on any atom is -0.450 e. The van der Waals surface area contributed by atoms with Gasteiger partial charge in [-0.1, -0.05) is 18.2 Å². The molecule has 0 spiro atoms. The van der Waals surface area contributed by atoms with Crippen LogP contribution in [0.4, 0.5) is 4.79 Å². The van der Waals surface area contributed by atoms with Gasteiger partial charge in [0, 0.05) is 36.7 Å². The SMILES string of the molecule is CCOC(=O)N1CCC(c2cn(Cc3ccsc3)c3ccccc23)CC1. The quantitative estimate of drug-likeness (QED) is 0.643. The van der Waals surface area contributed by atoms with Gasteiger partial charge in [-0.3, -0.25) is 0 Å². The van der Waals surface area contributed by atoms with Crippen molar-refractivity contribution in [2.24, 2.45) is 0 Å². The number of ether oxygens (including phenoxy) is 1. The van der Waals surface area contributed by atoms with Crippen LogP contribution in [0.3, 0.4) is 0 Å². The third-order valence-electron chi connectivity index (χ3n) is 5.21. The van der Waals surface area contributed by atoms with Crippen LogP contribution in [0.1, 0.15) is 36.8 Å². The maximum Gasteiger partial charge on any atom is 0.409 e. The molecule has 1 aromatic carbocycles. The predicted octanol–water partition coefficient (Wildman–Crippen LogP) is 5.09. The Morgan fingerprint density at radius 1 is 1.23 bits per heavy atom. The van der Waals surface area contributed by atoms with E-state index in [1.807, 2.05) is 11.8 Å². The first-order chi connectivity index (χ1) is 12.8. The van der Waals surface area contributed by atoms with E-state index in [1.54, 1.807) is 11.3 Å². The molecule has 0 atom stereocenters. The molecule has 136 valence electrons. The number of carbonyl (C=O) groups excluding carboxylic acids is 1. The van der Waals surface area contributed by atoms with E-state index in [-0.39, 0.29) is 6.09 Å². The van der Waals surface area contributed by atoms with Gasteiger partial charge < -0.3 is 14.2 Å². The molecule has 26 heavy (non-hydrogen) atoms. The number of aromatic nitrogens is 1. The molecule has 3 heterocycles. The van der Waals surface area contributed by atoms with Gasteiger partial charge in [0.2, 0.25) is 0 Å². The summed E-state index contributed by atoms with van der Waals surface area (Å²) >= 11 is 1.74. The number of carbonyl (C=O) groups is 1. The number of benzene rings is 1. The van der Waals surface area contributed by atoms with E-state index in [4.69, 9.17) is 4.74 Å². The van der Waals surface area contributed by atoms with Crippen molar-refractivity contribution in [3.05, 3.63) is 58.4 Å². The summed E-state index contributed by atoms with van der Waals surface area (Å²) < 4.78 is 7.50. The summed E-state index contributed by atoms with van der Waals surface area (Å²) in [6, 6.07) is 10.9. The van der Waals surface area contributed by atoms with Gasteiger partial charge in [0.15, 0.2) is 0 Å². The van der Waals surface area contributed by atoms with E-state index in [1.165, 1.54) is 22.0 Å². The lowest BCUT2D eigenvalue weighted by atomic mass is 9.89. The van der Waals surface area contributed by atoms with Crippen LogP contribution < -0.4 is 0 Å². The molecule has 1 fully saturated rings. The number of rotatable bonds is 4. The molecule has 4 nitrogen and oxygen atoms in total. The largest absolute Gasteiger partial charge is 0.450 e. The maximum absolute atomic E-state index is 11.9. The van der Waals surface area contributed by atoms with Gasteiger partial charge >= 0.3 is 6.09 Å². The predicted molar refractivity (Wildman–Crippen MR) is 106 cm³/mol. The van der Waals surface area contributed by atoms with Crippen molar-refractivity contribution in [3.8, 4) is 0 Å². The van der Waals surface area contributed by atoms with Crippen LogP contribution in [0, 0.1) is 0 Å². The molecule has 3 aromatic rings. The monoisotopic (exact) mass is 368 g/mol. The molecule has 1 saturated heterocycles. The average Bonchev–Trinajstić information content (AvgIpc) is 3.31. The van der Waals surface area contributed by atoms with Crippen LogP contribution >= 0.6 is 11.3 Å². The lowest BCUT2D eigenvalue weighted by molar-refractivity contribution is 0.0971. The lowest BCUT2D eigenvalue weighted by Crippen LogP contribution is -2.38. The molecule has 0 unspecified atom stereocenters. The standard InChI is InChI=1S/C21H24N2O2S/c1-2-25-21(24)22-10-7-17(8-11-22)19-14-23(13-16-9-12-26-15-16)20-6-4-3-5-18(19)20/h3-6,9,12,14-15,17H,2,7-8,10-11,13H2,1H3. The number of likely N-dealkylation sites (tertiary alicyclic amines) is 1. The Labute approximate surface area is 158 Å². The Bertz CT molecular complexity index is 877. The second-order valence-corrected chi connectivity index (χ2v) is 7.60. The summed E-state index contributed by atoms with van der Waals surface area (Å²) in [6.45, 7) is 4.74. The van der Waals surface area contributed by atoms with Crippen molar-refractivity contribution in [2.75, 3.05) is 19.7 Å². The van der Waals surface area contributed by atoms with Crippen molar-refractivity contribution >= 4 is 28.3 Å². The zero-order chi connectivity index (χ0) is 17.9. The zero-order valence-electron chi connectivity index (χ0n) is 15.1. The highest BCUT2D eigenvalue weighted by molar-refractivity contribution is 7.07. The van der Waals surface area contributed by atoms with Gasteiger partial charge in [0.25, 0.3) is 0 Å². The minimum atomic E-state index is -0.175. The van der Waals surface area contributed by atoms with E-state index < -0.39 is 0 Å². The maximum atomic E-state index is 11.9. The first kappa shape index (κ1) is 17.2. The fraction of sp³-hybridized carbons (Fsp3) is 0.381.